The highest BCUT2D eigenvalue weighted by atomic mass is 35.5. The van der Waals surface area contributed by atoms with Crippen LogP contribution in [0.15, 0.2) is 42.6 Å². The minimum atomic E-state index is 0.207. The SMILES string of the molecule is CC(C)NC1Cc2cc(Cl)ccc2-n2c(nnc2[C@H]2CC[C@H](Oc3ccccn3)CC2)C1. The van der Waals surface area contributed by atoms with Gasteiger partial charge < -0.3 is 10.1 Å². The fourth-order valence-corrected chi connectivity index (χ4v) is 5.29. The molecule has 3 heterocycles. The monoisotopic (exact) mass is 451 g/mol. The summed E-state index contributed by atoms with van der Waals surface area (Å²) >= 11 is 6.38. The van der Waals surface area contributed by atoms with Crippen LogP contribution in [0.4, 0.5) is 0 Å². The first kappa shape index (κ1) is 21.4. The molecule has 168 valence electrons. The number of nitrogens with one attached hydrogen (secondary N) is 1. The second kappa shape index (κ2) is 9.20. The molecule has 1 atom stereocenters. The molecule has 0 saturated heterocycles. The molecule has 7 heteroatoms. The molecule has 0 spiro atoms. The van der Waals surface area contributed by atoms with E-state index >= 15 is 0 Å². The highest BCUT2D eigenvalue weighted by Gasteiger charge is 2.31. The number of nitrogens with zero attached hydrogens (tertiary/aromatic N) is 4. The van der Waals surface area contributed by atoms with E-state index < -0.39 is 0 Å². The summed E-state index contributed by atoms with van der Waals surface area (Å²) in [6.45, 7) is 4.37. The third-order valence-corrected chi connectivity index (χ3v) is 6.70. The molecule has 5 rings (SSSR count). The Bertz CT molecular complexity index is 1060. The smallest absolute Gasteiger partial charge is 0.213 e. The van der Waals surface area contributed by atoms with Gasteiger partial charge in [-0.15, -0.1) is 10.2 Å². The molecule has 2 aliphatic rings. The maximum atomic E-state index is 6.38. The van der Waals surface area contributed by atoms with Crippen LogP contribution < -0.4 is 10.1 Å². The van der Waals surface area contributed by atoms with Gasteiger partial charge in [-0.25, -0.2) is 4.98 Å². The summed E-state index contributed by atoms with van der Waals surface area (Å²) in [5.74, 6) is 3.19. The van der Waals surface area contributed by atoms with Gasteiger partial charge in [-0.2, -0.15) is 0 Å². The van der Waals surface area contributed by atoms with Crippen molar-refractivity contribution in [2.45, 2.75) is 76.5 Å². The molecule has 1 aromatic carbocycles. The summed E-state index contributed by atoms with van der Waals surface area (Å²) in [6.07, 6.45) is 7.83. The number of pyridine rings is 1. The van der Waals surface area contributed by atoms with Crippen LogP contribution in [0.5, 0.6) is 5.88 Å². The summed E-state index contributed by atoms with van der Waals surface area (Å²) in [6, 6.07) is 12.7. The molecule has 0 amide bonds. The molecular formula is C25H30ClN5O. The van der Waals surface area contributed by atoms with Gasteiger partial charge >= 0.3 is 0 Å². The Morgan fingerprint density at radius 2 is 1.91 bits per heavy atom. The Hall–Kier alpha value is -2.44. The van der Waals surface area contributed by atoms with E-state index in [1.807, 2.05) is 24.3 Å². The highest BCUT2D eigenvalue weighted by molar-refractivity contribution is 6.30. The molecule has 3 aromatic rings. The van der Waals surface area contributed by atoms with Crippen LogP contribution in [0.2, 0.25) is 5.02 Å². The molecule has 1 fully saturated rings. The standard InChI is InChI=1S/C25H30ClN5O/c1-16(2)28-20-14-18-13-19(26)8-11-22(18)31-23(15-20)29-30-25(31)17-6-9-21(10-7-17)32-24-5-3-4-12-27-24/h3-5,8,11-13,16-17,20-21,28H,6-7,9-10,14-15H2,1-2H3/t17-,20?,21-. The molecule has 0 radical (unpaired) electrons. The van der Waals surface area contributed by atoms with E-state index in [1.165, 1.54) is 11.3 Å². The van der Waals surface area contributed by atoms with Crippen LogP contribution in [-0.2, 0) is 12.8 Å². The number of fused-ring (bicyclic) bond motifs is 3. The van der Waals surface area contributed by atoms with Crippen molar-refractivity contribution in [2.24, 2.45) is 0 Å². The first-order chi connectivity index (χ1) is 15.6. The number of hydrogen-bond donors (Lipinski definition) is 1. The number of aromatic nitrogens is 4. The van der Waals surface area contributed by atoms with E-state index in [9.17, 15) is 0 Å². The normalized spacial score (nSPS) is 22.8. The molecule has 6 nitrogen and oxygen atoms in total. The van der Waals surface area contributed by atoms with E-state index in [1.54, 1.807) is 6.20 Å². The molecule has 1 aliphatic carbocycles. The third-order valence-electron chi connectivity index (χ3n) is 6.47. The fourth-order valence-electron chi connectivity index (χ4n) is 5.10. The van der Waals surface area contributed by atoms with Gasteiger partial charge in [0, 0.05) is 41.7 Å². The molecule has 1 saturated carbocycles. The van der Waals surface area contributed by atoms with Gasteiger partial charge in [-0.1, -0.05) is 31.5 Å². The summed E-state index contributed by atoms with van der Waals surface area (Å²) in [5, 5.41) is 13.8. The summed E-state index contributed by atoms with van der Waals surface area (Å²) in [7, 11) is 0. The van der Waals surface area contributed by atoms with Gasteiger partial charge in [0.2, 0.25) is 5.88 Å². The van der Waals surface area contributed by atoms with Crippen LogP contribution in [0, 0.1) is 0 Å². The molecule has 32 heavy (non-hydrogen) atoms. The lowest BCUT2D eigenvalue weighted by molar-refractivity contribution is 0.139. The lowest BCUT2D eigenvalue weighted by atomic mass is 9.86. The quantitative estimate of drug-likeness (QED) is 0.598. The first-order valence-corrected chi connectivity index (χ1v) is 12.0. The van der Waals surface area contributed by atoms with Gasteiger partial charge in [0.25, 0.3) is 0 Å². The van der Waals surface area contributed by atoms with Gasteiger partial charge in [0.1, 0.15) is 17.8 Å². The van der Waals surface area contributed by atoms with Crippen LogP contribution >= 0.6 is 11.6 Å². The zero-order valence-electron chi connectivity index (χ0n) is 18.7. The van der Waals surface area contributed by atoms with E-state index in [-0.39, 0.29) is 6.10 Å². The van der Waals surface area contributed by atoms with E-state index in [0.29, 0.717) is 23.9 Å². The Balaban J connectivity index is 1.39. The third kappa shape index (κ3) is 4.52. The van der Waals surface area contributed by atoms with Crippen molar-refractivity contribution in [3.63, 3.8) is 0 Å². The van der Waals surface area contributed by atoms with Gasteiger partial charge in [-0.3, -0.25) is 4.57 Å². The average Bonchev–Trinajstić information content (AvgIpc) is 3.11. The van der Waals surface area contributed by atoms with Crippen LogP contribution in [0.25, 0.3) is 5.69 Å². The van der Waals surface area contributed by atoms with Crippen molar-refractivity contribution >= 4 is 11.6 Å². The lowest BCUT2D eigenvalue weighted by Gasteiger charge is -2.28. The molecule has 1 aliphatic heterocycles. The lowest BCUT2D eigenvalue weighted by Crippen LogP contribution is -2.37. The van der Waals surface area contributed by atoms with Crippen LogP contribution in [0.1, 0.15) is 62.7 Å². The maximum absolute atomic E-state index is 6.38. The van der Waals surface area contributed by atoms with Gasteiger partial charge in [0.15, 0.2) is 0 Å². The number of ether oxygens (including phenoxy) is 1. The number of rotatable bonds is 5. The minimum absolute atomic E-state index is 0.207. The maximum Gasteiger partial charge on any atom is 0.213 e. The zero-order valence-corrected chi connectivity index (χ0v) is 19.4. The molecule has 1 N–H and O–H groups in total. The summed E-state index contributed by atoms with van der Waals surface area (Å²) < 4.78 is 8.40. The summed E-state index contributed by atoms with van der Waals surface area (Å²) in [4.78, 5) is 4.30. The number of benzene rings is 1. The van der Waals surface area contributed by atoms with Crippen molar-refractivity contribution in [3.8, 4) is 11.6 Å². The summed E-state index contributed by atoms with van der Waals surface area (Å²) in [5.41, 5.74) is 2.42. The second-order valence-corrected chi connectivity index (χ2v) is 9.71. The van der Waals surface area contributed by atoms with Crippen molar-refractivity contribution in [1.82, 2.24) is 25.1 Å². The largest absolute Gasteiger partial charge is 0.474 e. The second-order valence-electron chi connectivity index (χ2n) is 9.27. The van der Waals surface area contributed by atoms with Crippen LogP contribution in [-0.4, -0.2) is 37.9 Å². The van der Waals surface area contributed by atoms with E-state index in [0.717, 1.165) is 55.2 Å². The van der Waals surface area contributed by atoms with Crippen molar-refractivity contribution < 1.29 is 4.74 Å². The van der Waals surface area contributed by atoms with Crippen molar-refractivity contribution in [3.05, 3.63) is 64.8 Å². The van der Waals surface area contributed by atoms with Crippen molar-refractivity contribution in [1.29, 1.82) is 0 Å². The van der Waals surface area contributed by atoms with Gasteiger partial charge in [-0.05, 0) is 61.9 Å². The zero-order chi connectivity index (χ0) is 22.1. The van der Waals surface area contributed by atoms with Crippen molar-refractivity contribution in [2.75, 3.05) is 0 Å². The van der Waals surface area contributed by atoms with Gasteiger partial charge in [0.05, 0.1) is 5.69 Å². The number of hydrogen-bond acceptors (Lipinski definition) is 5. The molecule has 2 aromatic heterocycles. The Labute approximate surface area is 194 Å². The molecule has 1 unspecified atom stereocenters. The average molecular weight is 452 g/mol. The number of halogens is 1. The predicted octanol–water partition coefficient (Wildman–Crippen LogP) is 4.89. The van der Waals surface area contributed by atoms with E-state index in [2.05, 4.69) is 45.9 Å². The minimum Gasteiger partial charge on any atom is -0.474 e. The van der Waals surface area contributed by atoms with Crippen LogP contribution in [0.3, 0.4) is 0 Å². The Kier molecular flexibility index (Phi) is 6.15. The highest BCUT2D eigenvalue weighted by Crippen LogP contribution is 2.37. The Morgan fingerprint density at radius 1 is 1.06 bits per heavy atom. The predicted molar refractivity (Wildman–Crippen MR) is 126 cm³/mol. The Morgan fingerprint density at radius 3 is 2.66 bits per heavy atom. The molecule has 0 bridgehead atoms. The first-order valence-electron chi connectivity index (χ1n) is 11.6. The molecular weight excluding hydrogens is 422 g/mol. The topological polar surface area (TPSA) is 64.9 Å². The van der Waals surface area contributed by atoms with E-state index in [4.69, 9.17) is 21.4 Å². The fraction of sp³-hybridized carbons (Fsp3) is 0.480.